The highest BCUT2D eigenvalue weighted by atomic mass is 32.1. The van der Waals surface area contributed by atoms with Crippen LogP contribution in [0.2, 0.25) is 0 Å². The Morgan fingerprint density at radius 3 is 1.85 bits per heavy atom. The van der Waals surface area contributed by atoms with Crippen molar-refractivity contribution >= 4 is 56.3 Å². The molecule has 0 bridgehead atoms. The van der Waals surface area contributed by atoms with Gasteiger partial charge in [-0.1, -0.05) is 92.1 Å². The number of thiazole rings is 1. The molecular formula is C50H42N4O4S2. The molecule has 10 heteroatoms. The monoisotopic (exact) mass is 826 g/mol. The predicted molar refractivity (Wildman–Crippen MR) is 246 cm³/mol. The van der Waals surface area contributed by atoms with Crippen LogP contribution in [-0.2, 0) is 15.0 Å². The van der Waals surface area contributed by atoms with Gasteiger partial charge >= 0.3 is 0 Å². The third kappa shape index (κ3) is 7.95. The van der Waals surface area contributed by atoms with Crippen molar-refractivity contribution in [3.8, 4) is 33.2 Å². The molecule has 0 unspecified atom stereocenters. The maximum absolute atomic E-state index is 11.4. The lowest BCUT2D eigenvalue weighted by molar-refractivity contribution is -0.117. The summed E-state index contributed by atoms with van der Waals surface area (Å²) in [7, 11) is 0. The van der Waals surface area contributed by atoms with Gasteiger partial charge in [0.05, 0.1) is 28.7 Å². The first-order chi connectivity index (χ1) is 29.3. The zero-order valence-corrected chi connectivity index (χ0v) is 34.6. The molecule has 0 saturated carbocycles. The summed E-state index contributed by atoms with van der Waals surface area (Å²) >= 11 is 7.55. The number of benzene rings is 6. The van der Waals surface area contributed by atoms with E-state index in [1.165, 1.54) is 34.4 Å². The SMILES string of the molecule is C=CC(=O)NCCOc1ccc(C(=S)Nc2ccc(C3(c4ccc5nc(-c6ccc(OCCNC(=O)C=C)cc6)sc5c4)c4ccccc4-c4ccccc43)cc2C)cc1. The minimum Gasteiger partial charge on any atom is -0.492 e. The molecular weight excluding hydrogens is 785 g/mol. The van der Waals surface area contributed by atoms with Crippen molar-refractivity contribution in [3.05, 3.63) is 192 Å². The standard InChI is InChI=1S/C50H42N4O4S2/c1-4-46(55)51-26-28-57-37-20-14-33(15-21-37)48(59)53-43-24-18-35(30-32(43)3)50(41-12-8-6-10-39(41)40-11-7-9-13-42(40)50)36-19-25-44-45(31-36)60-49(54-44)34-16-22-38(23-17-34)58-29-27-52-47(56)5-2/h4-25,30-31H,1-2,26-29H2,3H3,(H,51,55)(H,52,56)(H,53,59). The molecule has 0 atom stereocenters. The van der Waals surface area contributed by atoms with Crippen LogP contribution in [0.3, 0.4) is 0 Å². The van der Waals surface area contributed by atoms with Crippen LogP contribution in [0.25, 0.3) is 31.9 Å². The number of nitrogens with zero attached hydrogens (tertiary/aromatic N) is 1. The number of aryl methyl sites for hydroxylation is 1. The number of carbonyl (C=O) groups excluding carboxylic acids is 2. The predicted octanol–water partition coefficient (Wildman–Crippen LogP) is 9.78. The molecule has 60 heavy (non-hydrogen) atoms. The van der Waals surface area contributed by atoms with Crippen LogP contribution in [0.4, 0.5) is 5.69 Å². The molecule has 6 aromatic carbocycles. The molecule has 8 nitrogen and oxygen atoms in total. The Kier molecular flexibility index (Phi) is 11.7. The maximum atomic E-state index is 11.4. The van der Waals surface area contributed by atoms with Crippen molar-refractivity contribution in [2.24, 2.45) is 0 Å². The van der Waals surface area contributed by atoms with Gasteiger partial charge in [0.25, 0.3) is 0 Å². The summed E-state index contributed by atoms with van der Waals surface area (Å²) in [4.78, 5) is 28.5. The van der Waals surface area contributed by atoms with E-state index in [4.69, 9.17) is 26.7 Å². The molecule has 8 rings (SSSR count). The second-order valence-electron chi connectivity index (χ2n) is 14.3. The molecule has 0 aliphatic heterocycles. The molecule has 0 spiro atoms. The molecule has 2 amide bonds. The van der Waals surface area contributed by atoms with Gasteiger partial charge in [0.2, 0.25) is 11.8 Å². The van der Waals surface area contributed by atoms with Gasteiger partial charge in [0.1, 0.15) is 34.7 Å². The van der Waals surface area contributed by atoms with Crippen LogP contribution in [0.15, 0.2) is 159 Å². The van der Waals surface area contributed by atoms with Crippen LogP contribution >= 0.6 is 23.6 Å². The molecule has 0 saturated heterocycles. The number of rotatable bonds is 15. The Morgan fingerprint density at radius 1 is 0.717 bits per heavy atom. The van der Waals surface area contributed by atoms with Gasteiger partial charge in [0.15, 0.2) is 0 Å². The van der Waals surface area contributed by atoms with E-state index in [1.807, 2.05) is 48.5 Å². The van der Waals surface area contributed by atoms with Crippen LogP contribution in [-0.4, -0.2) is 48.1 Å². The number of aromatic nitrogens is 1. The zero-order valence-electron chi connectivity index (χ0n) is 33.0. The second-order valence-corrected chi connectivity index (χ2v) is 15.7. The lowest BCUT2D eigenvalue weighted by Crippen LogP contribution is -2.28. The van der Waals surface area contributed by atoms with E-state index >= 15 is 0 Å². The Balaban J connectivity index is 1.08. The van der Waals surface area contributed by atoms with Crippen molar-refractivity contribution < 1.29 is 19.1 Å². The second kappa shape index (κ2) is 17.5. The third-order valence-corrected chi connectivity index (χ3v) is 12.0. The van der Waals surface area contributed by atoms with Crippen molar-refractivity contribution in [2.75, 3.05) is 31.6 Å². The van der Waals surface area contributed by atoms with Crippen LogP contribution < -0.4 is 25.4 Å². The normalized spacial score (nSPS) is 12.2. The van der Waals surface area contributed by atoms with Crippen LogP contribution in [0.1, 0.15) is 33.4 Å². The smallest absolute Gasteiger partial charge is 0.243 e. The minimum absolute atomic E-state index is 0.223. The number of nitrogens with one attached hydrogen (secondary N) is 3. The first-order valence-corrected chi connectivity index (χ1v) is 20.8. The largest absolute Gasteiger partial charge is 0.492 e. The molecule has 298 valence electrons. The Bertz CT molecular complexity index is 2710. The highest BCUT2D eigenvalue weighted by molar-refractivity contribution is 7.81. The molecule has 0 fully saturated rings. The number of thiocarbonyl (C=S) groups is 1. The number of hydrogen-bond acceptors (Lipinski definition) is 7. The van der Waals surface area contributed by atoms with E-state index in [1.54, 1.807) is 11.3 Å². The lowest BCUT2D eigenvalue weighted by atomic mass is 9.67. The number of hydrogen-bond donors (Lipinski definition) is 3. The zero-order chi connectivity index (χ0) is 41.6. The summed E-state index contributed by atoms with van der Waals surface area (Å²) in [5, 5.41) is 9.84. The molecule has 3 N–H and O–H groups in total. The van der Waals surface area contributed by atoms with Gasteiger partial charge in [-0.3, -0.25) is 9.59 Å². The van der Waals surface area contributed by atoms with E-state index in [2.05, 4.69) is 121 Å². The van der Waals surface area contributed by atoms with Gasteiger partial charge < -0.3 is 25.4 Å². The Labute approximate surface area is 358 Å². The molecule has 7 aromatic rings. The van der Waals surface area contributed by atoms with Gasteiger partial charge in [-0.05, 0) is 125 Å². The summed E-state index contributed by atoms with van der Waals surface area (Å²) in [6, 6.07) is 46.3. The topological polar surface area (TPSA) is 102 Å². The summed E-state index contributed by atoms with van der Waals surface area (Å²) in [6.45, 7) is 10.5. The maximum Gasteiger partial charge on any atom is 0.243 e. The van der Waals surface area contributed by atoms with E-state index in [9.17, 15) is 9.59 Å². The Morgan fingerprint density at radius 2 is 1.27 bits per heavy atom. The summed E-state index contributed by atoms with van der Waals surface area (Å²) in [5.74, 6) is 0.957. The van der Waals surface area contributed by atoms with Crippen molar-refractivity contribution in [2.45, 2.75) is 12.3 Å². The number of carbonyl (C=O) groups is 2. The lowest BCUT2D eigenvalue weighted by Gasteiger charge is -2.34. The average Bonchev–Trinajstić information content (AvgIpc) is 3.85. The van der Waals surface area contributed by atoms with Crippen molar-refractivity contribution in [1.29, 1.82) is 0 Å². The summed E-state index contributed by atoms with van der Waals surface area (Å²) < 4.78 is 12.7. The van der Waals surface area contributed by atoms with Crippen LogP contribution in [0, 0.1) is 6.92 Å². The van der Waals surface area contributed by atoms with E-state index in [-0.39, 0.29) is 11.8 Å². The number of ether oxygens (including phenoxy) is 2. The van der Waals surface area contributed by atoms with Crippen LogP contribution in [0.5, 0.6) is 11.5 Å². The van der Waals surface area contributed by atoms with Gasteiger partial charge in [0, 0.05) is 16.8 Å². The van der Waals surface area contributed by atoms with Crippen molar-refractivity contribution in [3.63, 3.8) is 0 Å². The highest BCUT2D eigenvalue weighted by Crippen LogP contribution is 2.56. The number of amides is 2. The highest BCUT2D eigenvalue weighted by Gasteiger charge is 2.46. The fourth-order valence-electron chi connectivity index (χ4n) is 7.76. The quantitative estimate of drug-likeness (QED) is 0.0538. The molecule has 1 aliphatic rings. The van der Waals surface area contributed by atoms with Gasteiger partial charge in [-0.25, -0.2) is 4.98 Å². The fourth-order valence-corrected chi connectivity index (χ4v) is 9.02. The van der Waals surface area contributed by atoms with Crippen molar-refractivity contribution in [1.82, 2.24) is 15.6 Å². The van der Waals surface area contributed by atoms with Gasteiger partial charge in [-0.15, -0.1) is 11.3 Å². The fraction of sp³-hybridized carbons (Fsp3) is 0.120. The first-order valence-electron chi connectivity index (χ1n) is 19.6. The van der Waals surface area contributed by atoms with Gasteiger partial charge in [-0.2, -0.15) is 0 Å². The summed E-state index contributed by atoms with van der Waals surface area (Å²) in [5.41, 5.74) is 11.4. The Hall–Kier alpha value is -6.88. The number of anilines is 1. The molecule has 0 radical (unpaired) electrons. The van der Waals surface area contributed by atoms with E-state index < -0.39 is 5.41 Å². The average molecular weight is 827 g/mol. The molecule has 1 aliphatic carbocycles. The van der Waals surface area contributed by atoms with E-state index in [0.717, 1.165) is 54.5 Å². The molecule has 1 aromatic heterocycles. The third-order valence-electron chi connectivity index (χ3n) is 10.6. The minimum atomic E-state index is -0.593. The summed E-state index contributed by atoms with van der Waals surface area (Å²) in [6.07, 6.45) is 2.48. The van der Waals surface area contributed by atoms with E-state index in [0.29, 0.717) is 37.0 Å². The first kappa shape index (κ1) is 39.9. The number of fused-ring (bicyclic) bond motifs is 4. The molecule has 1 heterocycles.